The fraction of sp³-hybridized carbons (Fsp3) is 0.286. The average Bonchev–Trinajstić information content (AvgIpc) is 2.43. The van der Waals surface area contributed by atoms with E-state index in [1.807, 2.05) is 44.3 Å². The van der Waals surface area contributed by atoms with Crippen LogP contribution < -0.4 is 10.6 Å². The molecule has 0 aliphatic heterocycles. The number of pyridine rings is 1. The van der Waals surface area contributed by atoms with Crippen LogP contribution in [0.25, 0.3) is 10.8 Å². The predicted molar refractivity (Wildman–Crippen MR) is 72.6 cm³/mol. The van der Waals surface area contributed by atoms with E-state index < -0.39 is 0 Å². The molecule has 1 unspecified atom stereocenters. The Balaban J connectivity index is 2.22. The zero-order valence-corrected chi connectivity index (χ0v) is 10.6. The van der Waals surface area contributed by atoms with E-state index in [0.717, 1.165) is 10.8 Å². The fourth-order valence-corrected chi connectivity index (χ4v) is 1.73. The predicted octanol–water partition coefficient (Wildman–Crippen LogP) is 1.57. The quantitative estimate of drug-likeness (QED) is 0.857. The number of carbonyl (C=O) groups is 1. The summed E-state index contributed by atoms with van der Waals surface area (Å²) in [5, 5.41) is 7.86. The van der Waals surface area contributed by atoms with Gasteiger partial charge in [-0.25, -0.2) is 0 Å². The van der Waals surface area contributed by atoms with Crippen LogP contribution in [0.2, 0.25) is 0 Å². The van der Waals surface area contributed by atoms with E-state index in [4.69, 9.17) is 0 Å². The van der Waals surface area contributed by atoms with Crippen LogP contribution in [0.1, 0.15) is 17.4 Å². The first-order chi connectivity index (χ1) is 8.72. The first-order valence-electron chi connectivity index (χ1n) is 6.01. The van der Waals surface area contributed by atoms with Crippen molar-refractivity contribution in [2.45, 2.75) is 13.0 Å². The standard InChI is InChI=1S/C14H17N3O/c1-10(15-2)9-17-14(18)13-12-6-4-3-5-11(12)7-8-16-13/h3-8,10,15H,9H2,1-2H3,(H,17,18). The molecule has 1 atom stereocenters. The lowest BCUT2D eigenvalue weighted by Gasteiger charge is -2.11. The third-order valence-corrected chi connectivity index (χ3v) is 2.95. The lowest BCUT2D eigenvalue weighted by Crippen LogP contribution is -2.37. The molecule has 2 rings (SSSR count). The minimum Gasteiger partial charge on any atom is -0.349 e. The Labute approximate surface area is 106 Å². The van der Waals surface area contributed by atoms with Gasteiger partial charge >= 0.3 is 0 Å². The van der Waals surface area contributed by atoms with Crippen molar-refractivity contribution in [2.75, 3.05) is 13.6 Å². The highest BCUT2D eigenvalue weighted by atomic mass is 16.1. The summed E-state index contributed by atoms with van der Waals surface area (Å²) in [6.07, 6.45) is 1.67. The van der Waals surface area contributed by atoms with E-state index in [9.17, 15) is 4.79 Å². The molecule has 0 spiro atoms. The summed E-state index contributed by atoms with van der Waals surface area (Å²) < 4.78 is 0. The van der Waals surface area contributed by atoms with Gasteiger partial charge in [-0.15, -0.1) is 0 Å². The topological polar surface area (TPSA) is 54.0 Å². The molecule has 0 bridgehead atoms. The molecular weight excluding hydrogens is 226 g/mol. The number of carbonyl (C=O) groups excluding carboxylic acids is 1. The van der Waals surface area contributed by atoms with Crippen molar-refractivity contribution in [1.82, 2.24) is 15.6 Å². The van der Waals surface area contributed by atoms with Gasteiger partial charge in [-0.05, 0) is 25.4 Å². The largest absolute Gasteiger partial charge is 0.349 e. The molecule has 1 aromatic heterocycles. The molecule has 94 valence electrons. The second-order valence-corrected chi connectivity index (χ2v) is 4.28. The first kappa shape index (κ1) is 12.5. The van der Waals surface area contributed by atoms with Gasteiger partial charge in [0.1, 0.15) is 5.69 Å². The van der Waals surface area contributed by atoms with Gasteiger partial charge < -0.3 is 10.6 Å². The van der Waals surface area contributed by atoms with Crippen LogP contribution in [0.4, 0.5) is 0 Å². The molecule has 0 radical (unpaired) electrons. The van der Waals surface area contributed by atoms with E-state index in [1.54, 1.807) is 6.20 Å². The number of nitrogens with zero attached hydrogens (tertiary/aromatic N) is 1. The molecule has 4 nitrogen and oxygen atoms in total. The van der Waals surface area contributed by atoms with Gasteiger partial charge in [0.15, 0.2) is 0 Å². The summed E-state index contributed by atoms with van der Waals surface area (Å²) in [6, 6.07) is 9.90. The van der Waals surface area contributed by atoms with Crippen molar-refractivity contribution in [1.29, 1.82) is 0 Å². The van der Waals surface area contributed by atoms with Gasteiger partial charge in [0.25, 0.3) is 5.91 Å². The number of rotatable bonds is 4. The Kier molecular flexibility index (Phi) is 3.89. The summed E-state index contributed by atoms with van der Waals surface area (Å²) in [6.45, 7) is 2.59. The van der Waals surface area contributed by atoms with Gasteiger partial charge in [-0.3, -0.25) is 9.78 Å². The Morgan fingerprint density at radius 2 is 2.11 bits per heavy atom. The smallest absolute Gasteiger partial charge is 0.270 e. The van der Waals surface area contributed by atoms with Crippen LogP contribution in [0.15, 0.2) is 36.5 Å². The summed E-state index contributed by atoms with van der Waals surface area (Å²) >= 11 is 0. The van der Waals surface area contributed by atoms with Gasteiger partial charge in [-0.1, -0.05) is 24.3 Å². The monoisotopic (exact) mass is 243 g/mol. The molecule has 1 heterocycles. The zero-order valence-electron chi connectivity index (χ0n) is 10.6. The maximum atomic E-state index is 12.1. The zero-order chi connectivity index (χ0) is 13.0. The van der Waals surface area contributed by atoms with Gasteiger partial charge in [0, 0.05) is 24.2 Å². The molecule has 0 fully saturated rings. The third-order valence-electron chi connectivity index (χ3n) is 2.95. The van der Waals surface area contributed by atoms with Crippen LogP contribution >= 0.6 is 0 Å². The molecule has 0 saturated carbocycles. The first-order valence-corrected chi connectivity index (χ1v) is 6.01. The van der Waals surface area contributed by atoms with Crippen LogP contribution in [0.3, 0.4) is 0 Å². The van der Waals surface area contributed by atoms with E-state index >= 15 is 0 Å². The maximum absolute atomic E-state index is 12.1. The molecule has 4 heteroatoms. The number of amides is 1. The molecule has 0 aliphatic carbocycles. The number of nitrogens with one attached hydrogen (secondary N) is 2. The van der Waals surface area contributed by atoms with Crippen LogP contribution in [0.5, 0.6) is 0 Å². The molecule has 0 aliphatic rings. The normalized spacial score (nSPS) is 12.3. The van der Waals surface area contributed by atoms with Gasteiger partial charge in [-0.2, -0.15) is 0 Å². The van der Waals surface area contributed by atoms with E-state index in [-0.39, 0.29) is 11.9 Å². The molecular formula is C14H17N3O. The van der Waals surface area contributed by atoms with Gasteiger partial charge in [0.2, 0.25) is 0 Å². The highest BCUT2D eigenvalue weighted by Crippen LogP contribution is 2.15. The molecule has 2 N–H and O–H groups in total. The lowest BCUT2D eigenvalue weighted by molar-refractivity contribution is 0.0947. The van der Waals surface area contributed by atoms with Crippen molar-refractivity contribution < 1.29 is 4.79 Å². The highest BCUT2D eigenvalue weighted by molar-refractivity contribution is 6.05. The minimum atomic E-state index is -0.131. The Morgan fingerprint density at radius 1 is 1.33 bits per heavy atom. The van der Waals surface area contributed by atoms with Crippen molar-refractivity contribution >= 4 is 16.7 Å². The fourth-order valence-electron chi connectivity index (χ4n) is 1.73. The van der Waals surface area contributed by atoms with E-state index in [1.165, 1.54) is 0 Å². The number of fused-ring (bicyclic) bond motifs is 1. The van der Waals surface area contributed by atoms with Crippen molar-refractivity contribution in [3.63, 3.8) is 0 Å². The van der Waals surface area contributed by atoms with E-state index in [2.05, 4.69) is 15.6 Å². The second-order valence-electron chi connectivity index (χ2n) is 4.28. The third kappa shape index (κ3) is 2.65. The van der Waals surface area contributed by atoms with Crippen LogP contribution in [-0.2, 0) is 0 Å². The Bertz CT molecular complexity index is 548. The Hall–Kier alpha value is -1.94. The minimum absolute atomic E-state index is 0.131. The maximum Gasteiger partial charge on any atom is 0.270 e. The Morgan fingerprint density at radius 3 is 2.89 bits per heavy atom. The van der Waals surface area contributed by atoms with Gasteiger partial charge in [0.05, 0.1) is 0 Å². The lowest BCUT2D eigenvalue weighted by atomic mass is 10.1. The number of aromatic nitrogens is 1. The van der Waals surface area contributed by atoms with Crippen molar-refractivity contribution in [2.24, 2.45) is 0 Å². The molecule has 18 heavy (non-hydrogen) atoms. The SMILES string of the molecule is CNC(C)CNC(=O)c1nccc2ccccc12. The second kappa shape index (κ2) is 5.60. The molecule has 2 aromatic rings. The number of benzene rings is 1. The van der Waals surface area contributed by atoms with Crippen LogP contribution in [0, 0.1) is 0 Å². The number of hydrogen-bond acceptors (Lipinski definition) is 3. The average molecular weight is 243 g/mol. The summed E-state index contributed by atoms with van der Waals surface area (Å²) in [5.41, 5.74) is 0.483. The summed E-state index contributed by atoms with van der Waals surface area (Å²) in [7, 11) is 1.87. The number of hydrogen-bond donors (Lipinski definition) is 2. The van der Waals surface area contributed by atoms with E-state index in [0.29, 0.717) is 12.2 Å². The summed E-state index contributed by atoms with van der Waals surface area (Å²) in [4.78, 5) is 16.3. The number of likely N-dealkylation sites (N-methyl/N-ethyl adjacent to an activating group) is 1. The summed E-state index contributed by atoms with van der Waals surface area (Å²) in [5.74, 6) is -0.131. The highest BCUT2D eigenvalue weighted by Gasteiger charge is 2.11. The molecule has 0 saturated heterocycles. The van der Waals surface area contributed by atoms with Crippen LogP contribution in [-0.4, -0.2) is 30.5 Å². The molecule has 1 aromatic carbocycles. The van der Waals surface area contributed by atoms with Crippen molar-refractivity contribution in [3.05, 3.63) is 42.2 Å². The van der Waals surface area contributed by atoms with Crippen molar-refractivity contribution in [3.8, 4) is 0 Å². The molecule has 1 amide bonds.